The first kappa shape index (κ1) is 20.0. The molecular weight excluding hydrogens is 404 g/mol. The number of anilines is 1. The second-order valence-corrected chi connectivity index (χ2v) is 9.42. The second-order valence-electron chi connectivity index (χ2n) is 8.34. The zero-order chi connectivity index (χ0) is 21.5. The molecule has 2 aromatic carbocycles. The molecule has 2 heterocycles. The predicted octanol–water partition coefficient (Wildman–Crippen LogP) is 5.25. The molecule has 158 valence electrons. The van der Waals surface area contributed by atoms with E-state index in [4.69, 9.17) is 9.73 Å². The SMILES string of the molecule is COc1ccc(C2=NCC(=O)N(Cc3cc(C)ccc3C)c3sc4c(c32)CCC4)cc1. The third-order valence-corrected chi connectivity index (χ3v) is 7.57. The van der Waals surface area contributed by atoms with E-state index in [0.29, 0.717) is 6.54 Å². The fraction of sp³-hybridized carbons (Fsp3) is 0.308. The summed E-state index contributed by atoms with van der Waals surface area (Å²) in [6.07, 6.45) is 3.32. The van der Waals surface area contributed by atoms with Crippen LogP contribution in [0, 0.1) is 13.8 Å². The highest BCUT2D eigenvalue weighted by Crippen LogP contribution is 2.44. The number of fused-ring (bicyclic) bond motifs is 3. The minimum absolute atomic E-state index is 0.0607. The fourth-order valence-corrected chi connectivity index (χ4v) is 5.94. The summed E-state index contributed by atoms with van der Waals surface area (Å²) >= 11 is 1.78. The molecule has 1 aliphatic carbocycles. The molecule has 0 radical (unpaired) electrons. The standard InChI is InChI=1S/C26H26N2O2S/c1-16-7-8-17(2)19(13-16)15-28-23(29)14-27-25(18-9-11-20(30-3)12-10-18)24-21-5-4-6-22(21)31-26(24)28/h7-13H,4-6,14-15H2,1-3H3. The lowest BCUT2D eigenvalue weighted by Gasteiger charge is -2.22. The molecule has 1 aliphatic heterocycles. The van der Waals surface area contributed by atoms with E-state index in [2.05, 4.69) is 32.0 Å². The van der Waals surface area contributed by atoms with Crippen LogP contribution in [0.4, 0.5) is 5.00 Å². The molecule has 0 atom stereocenters. The molecule has 0 unspecified atom stereocenters. The Kier molecular flexibility index (Phi) is 5.14. The first-order valence-electron chi connectivity index (χ1n) is 10.8. The summed E-state index contributed by atoms with van der Waals surface area (Å²) in [6.45, 7) is 4.97. The minimum Gasteiger partial charge on any atom is -0.497 e. The molecule has 0 spiro atoms. The number of carbonyl (C=O) groups is 1. The van der Waals surface area contributed by atoms with Gasteiger partial charge in [0.05, 0.1) is 19.4 Å². The van der Waals surface area contributed by atoms with Gasteiger partial charge in [-0.3, -0.25) is 14.7 Å². The molecule has 5 rings (SSSR count). The van der Waals surface area contributed by atoms with E-state index in [9.17, 15) is 4.79 Å². The number of hydrogen-bond acceptors (Lipinski definition) is 4. The van der Waals surface area contributed by atoms with Gasteiger partial charge in [0.2, 0.25) is 5.91 Å². The molecule has 4 nitrogen and oxygen atoms in total. The molecule has 0 saturated heterocycles. The average molecular weight is 431 g/mol. The van der Waals surface area contributed by atoms with Crippen LogP contribution in [0.3, 0.4) is 0 Å². The van der Waals surface area contributed by atoms with Crippen molar-refractivity contribution in [2.75, 3.05) is 18.6 Å². The number of thiophene rings is 1. The normalized spacial score (nSPS) is 15.4. The van der Waals surface area contributed by atoms with E-state index in [0.717, 1.165) is 34.9 Å². The number of methoxy groups -OCH3 is 1. The third-order valence-electron chi connectivity index (χ3n) is 6.25. The Morgan fingerprint density at radius 1 is 1.10 bits per heavy atom. The molecule has 5 heteroatoms. The van der Waals surface area contributed by atoms with Crippen molar-refractivity contribution < 1.29 is 9.53 Å². The maximum absolute atomic E-state index is 13.3. The third kappa shape index (κ3) is 3.57. The Hall–Kier alpha value is -2.92. The van der Waals surface area contributed by atoms with Crippen LogP contribution >= 0.6 is 11.3 Å². The molecule has 0 fully saturated rings. The number of benzene rings is 2. The highest BCUT2D eigenvalue weighted by molar-refractivity contribution is 7.17. The number of aliphatic imine (C=N–C) groups is 1. The molecular formula is C26H26N2O2S. The number of aryl methyl sites for hydroxylation is 3. The van der Waals surface area contributed by atoms with Crippen LogP contribution in [0.2, 0.25) is 0 Å². The molecule has 3 aromatic rings. The largest absolute Gasteiger partial charge is 0.497 e. The lowest BCUT2D eigenvalue weighted by Crippen LogP contribution is -2.31. The summed E-state index contributed by atoms with van der Waals surface area (Å²) in [5.41, 5.74) is 8.15. The van der Waals surface area contributed by atoms with Gasteiger partial charge >= 0.3 is 0 Å². The van der Waals surface area contributed by atoms with Crippen molar-refractivity contribution in [1.29, 1.82) is 0 Å². The molecule has 1 amide bonds. The van der Waals surface area contributed by atoms with Crippen LogP contribution < -0.4 is 9.64 Å². The highest BCUT2D eigenvalue weighted by Gasteiger charge is 2.33. The van der Waals surface area contributed by atoms with E-state index in [1.165, 1.54) is 39.1 Å². The van der Waals surface area contributed by atoms with Crippen molar-refractivity contribution in [3.05, 3.63) is 80.7 Å². The Morgan fingerprint density at radius 2 is 1.90 bits per heavy atom. The van der Waals surface area contributed by atoms with Crippen LogP contribution in [-0.2, 0) is 24.2 Å². The molecule has 0 bridgehead atoms. The highest BCUT2D eigenvalue weighted by atomic mass is 32.1. The topological polar surface area (TPSA) is 41.9 Å². The number of amides is 1. The number of ether oxygens (including phenoxy) is 1. The Bertz CT molecular complexity index is 1190. The van der Waals surface area contributed by atoms with Gasteiger partial charge in [0, 0.05) is 16.0 Å². The van der Waals surface area contributed by atoms with Crippen LogP contribution in [-0.4, -0.2) is 25.3 Å². The summed E-state index contributed by atoms with van der Waals surface area (Å²) in [4.78, 5) is 21.5. The minimum atomic E-state index is 0.0607. The van der Waals surface area contributed by atoms with Gasteiger partial charge in [0.15, 0.2) is 0 Å². The van der Waals surface area contributed by atoms with Crippen molar-refractivity contribution in [1.82, 2.24) is 0 Å². The Labute approximate surface area is 187 Å². The van der Waals surface area contributed by atoms with Crippen LogP contribution in [0.1, 0.15) is 44.7 Å². The maximum atomic E-state index is 13.3. The van der Waals surface area contributed by atoms with Gasteiger partial charge in [0.1, 0.15) is 17.3 Å². The smallest absolute Gasteiger partial charge is 0.249 e. The molecule has 0 saturated carbocycles. The molecule has 1 aromatic heterocycles. The van der Waals surface area contributed by atoms with E-state index in [1.807, 2.05) is 29.2 Å². The quantitative estimate of drug-likeness (QED) is 0.568. The van der Waals surface area contributed by atoms with E-state index >= 15 is 0 Å². The lowest BCUT2D eigenvalue weighted by molar-refractivity contribution is -0.117. The van der Waals surface area contributed by atoms with Gasteiger partial charge in [-0.2, -0.15) is 0 Å². The number of hydrogen-bond donors (Lipinski definition) is 0. The summed E-state index contributed by atoms with van der Waals surface area (Å²) in [6, 6.07) is 14.5. The van der Waals surface area contributed by atoms with Gasteiger partial charge in [-0.1, -0.05) is 23.8 Å². The summed E-state index contributed by atoms with van der Waals surface area (Å²) in [5, 5.41) is 1.06. The van der Waals surface area contributed by atoms with Crippen molar-refractivity contribution in [2.24, 2.45) is 4.99 Å². The molecule has 31 heavy (non-hydrogen) atoms. The van der Waals surface area contributed by atoms with Crippen molar-refractivity contribution in [3.8, 4) is 5.75 Å². The van der Waals surface area contributed by atoms with Crippen molar-refractivity contribution in [3.63, 3.8) is 0 Å². The van der Waals surface area contributed by atoms with Gasteiger partial charge < -0.3 is 4.74 Å². The average Bonchev–Trinajstić information content (AvgIpc) is 3.33. The zero-order valence-electron chi connectivity index (χ0n) is 18.2. The second kappa shape index (κ2) is 7.97. The monoisotopic (exact) mass is 430 g/mol. The van der Waals surface area contributed by atoms with E-state index < -0.39 is 0 Å². The fourth-order valence-electron chi connectivity index (χ4n) is 4.53. The molecule has 0 N–H and O–H groups in total. The van der Waals surface area contributed by atoms with Crippen LogP contribution in [0.25, 0.3) is 0 Å². The van der Waals surface area contributed by atoms with Gasteiger partial charge in [-0.15, -0.1) is 11.3 Å². The number of nitrogens with zero attached hydrogens (tertiary/aromatic N) is 2. The van der Waals surface area contributed by atoms with Crippen LogP contribution in [0.15, 0.2) is 47.5 Å². The number of rotatable bonds is 4. The Morgan fingerprint density at radius 3 is 2.68 bits per heavy atom. The summed E-state index contributed by atoms with van der Waals surface area (Å²) < 4.78 is 5.33. The lowest BCUT2D eigenvalue weighted by atomic mass is 9.98. The number of carbonyl (C=O) groups excluding carboxylic acids is 1. The zero-order valence-corrected chi connectivity index (χ0v) is 19.0. The van der Waals surface area contributed by atoms with Crippen molar-refractivity contribution >= 4 is 28.0 Å². The predicted molar refractivity (Wildman–Crippen MR) is 127 cm³/mol. The van der Waals surface area contributed by atoms with E-state index in [1.54, 1.807) is 18.4 Å². The van der Waals surface area contributed by atoms with E-state index in [-0.39, 0.29) is 12.5 Å². The maximum Gasteiger partial charge on any atom is 0.249 e. The molecule has 2 aliphatic rings. The summed E-state index contributed by atoms with van der Waals surface area (Å²) in [5.74, 6) is 0.881. The van der Waals surface area contributed by atoms with Crippen LogP contribution in [0.5, 0.6) is 5.75 Å². The van der Waals surface area contributed by atoms with Gasteiger partial charge in [0.25, 0.3) is 0 Å². The van der Waals surface area contributed by atoms with Gasteiger partial charge in [-0.25, -0.2) is 0 Å². The van der Waals surface area contributed by atoms with Gasteiger partial charge in [-0.05, 0) is 74.1 Å². The summed E-state index contributed by atoms with van der Waals surface area (Å²) in [7, 11) is 1.67. The van der Waals surface area contributed by atoms with Crippen molar-refractivity contribution in [2.45, 2.75) is 39.7 Å². The first-order valence-corrected chi connectivity index (χ1v) is 11.6. The first-order chi connectivity index (χ1) is 15.0. The Balaban J connectivity index is 1.62.